The van der Waals surface area contributed by atoms with Gasteiger partial charge in [-0.05, 0) is 38.1 Å². The lowest BCUT2D eigenvalue weighted by molar-refractivity contribution is 0.0773. The number of terminal acetylenes is 1. The molecule has 0 fully saturated rings. The summed E-state index contributed by atoms with van der Waals surface area (Å²) in [6, 6.07) is 5.81. The molecule has 0 heterocycles. The first-order valence-electron chi connectivity index (χ1n) is 6.28. The van der Waals surface area contributed by atoms with Crippen molar-refractivity contribution in [3.8, 4) is 12.3 Å². The zero-order valence-corrected chi connectivity index (χ0v) is 12.4. The van der Waals surface area contributed by atoms with E-state index in [-0.39, 0.29) is 17.3 Å². The van der Waals surface area contributed by atoms with E-state index in [0.717, 1.165) is 0 Å². The minimum absolute atomic E-state index is 0.0670. The van der Waals surface area contributed by atoms with Crippen LogP contribution >= 0.6 is 0 Å². The van der Waals surface area contributed by atoms with Gasteiger partial charge in [0.05, 0.1) is 11.4 Å². The maximum Gasteiger partial charge on any atom is 0.253 e. The molecule has 0 unspecified atom stereocenters. The summed E-state index contributed by atoms with van der Waals surface area (Å²) in [6.07, 6.45) is 5.01. The number of rotatable bonds is 6. The monoisotopic (exact) mass is 294 g/mol. The van der Waals surface area contributed by atoms with Gasteiger partial charge in [-0.1, -0.05) is 5.92 Å². The van der Waals surface area contributed by atoms with Gasteiger partial charge in [-0.25, -0.2) is 8.42 Å². The Balaban J connectivity index is 2.95. The van der Waals surface area contributed by atoms with Gasteiger partial charge in [-0.15, -0.1) is 6.42 Å². The fourth-order valence-corrected chi connectivity index (χ4v) is 2.62. The number of nitrogens with zero attached hydrogens (tertiary/aromatic N) is 1. The maximum absolute atomic E-state index is 12.1. The number of carbonyl (C=O) groups is 1. The third-order valence-electron chi connectivity index (χ3n) is 2.83. The lowest BCUT2D eigenvalue weighted by Crippen LogP contribution is -2.30. The number of amides is 1. The molecule has 108 valence electrons. The van der Waals surface area contributed by atoms with Crippen LogP contribution in [0.15, 0.2) is 29.2 Å². The Labute approximate surface area is 120 Å². The number of benzene rings is 1. The second-order valence-electron chi connectivity index (χ2n) is 4.03. The van der Waals surface area contributed by atoms with E-state index >= 15 is 0 Å². The van der Waals surface area contributed by atoms with Crippen LogP contribution in [0, 0.1) is 12.3 Å². The average Bonchev–Trinajstić information content (AvgIpc) is 2.46. The molecule has 5 nitrogen and oxygen atoms in total. The van der Waals surface area contributed by atoms with Crippen LogP contribution in [0.3, 0.4) is 0 Å². The Morgan fingerprint density at radius 2 is 1.80 bits per heavy atom. The fraction of sp³-hybridized carbons (Fsp3) is 0.357. The van der Waals surface area contributed by atoms with Crippen LogP contribution in [0.2, 0.25) is 0 Å². The molecule has 0 aromatic heterocycles. The molecule has 0 atom stereocenters. The predicted molar refractivity (Wildman–Crippen MR) is 77.7 cm³/mol. The van der Waals surface area contributed by atoms with Crippen LogP contribution in [0.5, 0.6) is 0 Å². The largest absolute Gasteiger partial charge is 0.339 e. The van der Waals surface area contributed by atoms with Gasteiger partial charge in [0, 0.05) is 18.7 Å². The smallest absolute Gasteiger partial charge is 0.253 e. The molecular weight excluding hydrogens is 276 g/mol. The number of hydrogen-bond donors (Lipinski definition) is 1. The first-order chi connectivity index (χ1) is 9.46. The zero-order valence-electron chi connectivity index (χ0n) is 11.6. The Morgan fingerprint density at radius 3 is 2.25 bits per heavy atom. The van der Waals surface area contributed by atoms with Crippen LogP contribution in [0.1, 0.15) is 24.2 Å². The third kappa shape index (κ3) is 3.83. The van der Waals surface area contributed by atoms with Crippen molar-refractivity contribution in [1.82, 2.24) is 9.62 Å². The van der Waals surface area contributed by atoms with E-state index < -0.39 is 10.0 Å². The summed E-state index contributed by atoms with van der Waals surface area (Å²) in [6.45, 7) is 4.94. The summed E-state index contributed by atoms with van der Waals surface area (Å²) < 4.78 is 25.9. The topological polar surface area (TPSA) is 66.5 Å². The molecular formula is C14H18N2O3S. The van der Waals surface area contributed by atoms with Gasteiger partial charge in [-0.2, -0.15) is 4.72 Å². The number of hydrogen-bond acceptors (Lipinski definition) is 3. The van der Waals surface area contributed by atoms with Gasteiger partial charge in [0.2, 0.25) is 10.0 Å². The maximum atomic E-state index is 12.1. The molecule has 1 amide bonds. The fourth-order valence-electron chi connectivity index (χ4n) is 1.69. The highest BCUT2D eigenvalue weighted by atomic mass is 32.2. The molecule has 6 heteroatoms. The highest BCUT2D eigenvalue weighted by molar-refractivity contribution is 7.89. The zero-order chi connectivity index (χ0) is 15.2. The molecule has 1 N–H and O–H groups in total. The van der Waals surface area contributed by atoms with Crippen LogP contribution in [-0.4, -0.2) is 38.9 Å². The number of sulfonamides is 1. The van der Waals surface area contributed by atoms with Crippen molar-refractivity contribution in [2.24, 2.45) is 0 Å². The molecule has 0 bridgehead atoms. The molecule has 0 radical (unpaired) electrons. The molecule has 0 saturated carbocycles. The van der Waals surface area contributed by atoms with Crippen molar-refractivity contribution in [2.75, 3.05) is 19.6 Å². The standard InChI is InChI=1S/C14H18N2O3S/c1-4-11-15-20(18,19)13-9-7-12(8-10-13)14(17)16(5-2)6-3/h1,7-10,15H,5-6,11H2,2-3H3. The van der Waals surface area contributed by atoms with Crippen LogP contribution in [0.25, 0.3) is 0 Å². The van der Waals surface area contributed by atoms with E-state index in [1.807, 2.05) is 13.8 Å². The van der Waals surface area contributed by atoms with Crippen molar-refractivity contribution >= 4 is 15.9 Å². The van der Waals surface area contributed by atoms with Crippen molar-refractivity contribution in [3.63, 3.8) is 0 Å². The summed E-state index contributed by atoms with van der Waals surface area (Å²) in [7, 11) is -3.61. The van der Waals surface area contributed by atoms with E-state index in [2.05, 4.69) is 10.6 Å². The van der Waals surface area contributed by atoms with Gasteiger partial charge in [0.15, 0.2) is 0 Å². The normalized spacial score (nSPS) is 10.8. The van der Waals surface area contributed by atoms with Crippen LogP contribution in [0.4, 0.5) is 0 Å². The minimum atomic E-state index is -3.61. The first kappa shape index (κ1) is 16.2. The first-order valence-corrected chi connectivity index (χ1v) is 7.77. The molecule has 1 rings (SSSR count). The molecule has 1 aromatic carbocycles. The third-order valence-corrected chi connectivity index (χ3v) is 4.24. The molecule has 0 aliphatic carbocycles. The summed E-state index contributed by atoms with van der Waals surface area (Å²) >= 11 is 0. The van der Waals surface area contributed by atoms with Gasteiger partial charge in [0.1, 0.15) is 0 Å². The minimum Gasteiger partial charge on any atom is -0.339 e. The van der Waals surface area contributed by atoms with Crippen molar-refractivity contribution in [3.05, 3.63) is 29.8 Å². The predicted octanol–water partition coefficient (Wildman–Crippen LogP) is 1.08. The van der Waals surface area contributed by atoms with E-state index in [4.69, 9.17) is 6.42 Å². The molecule has 0 spiro atoms. The van der Waals surface area contributed by atoms with Gasteiger partial charge < -0.3 is 4.90 Å². The van der Waals surface area contributed by atoms with E-state index in [9.17, 15) is 13.2 Å². The average molecular weight is 294 g/mol. The lowest BCUT2D eigenvalue weighted by Gasteiger charge is -2.18. The second kappa shape index (κ2) is 7.08. The molecule has 0 aliphatic heterocycles. The van der Waals surface area contributed by atoms with Crippen LogP contribution < -0.4 is 4.72 Å². The Morgan fingerprint density at radius 1 is 1.25 bits per heavy atom. The second-order valence-corrected chi connectivity index (χ2v) is 5.80. The highest BCUT2D eigenvalue weighted by Gasteiger charge is 2.16. The van der Waals surface area contributed by atoms with Crippen molar-refractivity contribution in [2.45, 2.75) is 18.7 Å². The quantitative estimate of drug-likeness (QED) is 0.798. The van der Waals surface area contributed by atoms with Crippen molar-refractivity contribution < 1.29 is 13.2 Å². The van der Waals surface area contributed by atoms with E-state index in [1.54, 1.807) is 4.90 Å². The summed E-state index contributed by atoms with van der Waals surface area (Å²) in [4.78, 5) is 13.8. The lowest BCUT2D eigenvalue weighted by atomic mass is 10.2. The van der Waals surface area contributed by atoms with Gasteiger partial charge in [-0.3, -0.25) is 4.79 Å². The van der Waals surface area contributed by atoms with Gasteiger partial charge in [0.25, 0.3) is 5.91 Å². The van der Waals surface area contributed by atoms with E-state index in [1.165, 1.54) is 24.3 Å². The number of nitrogens with one attached hydrogen (secondary N) is 1. The molecule has 0 aliphatic rings. The Hall–Kier alpha value is -1.84. The summed E-state index contributed by atoms with van der Waals surface area (Å²) in [5.41, 5.74) is 0.463. The SMILES string of the molecule is C#CCNS(=O)(=O)c1ccc(C(=O)N(CC)CC)cc1. The van der Waals surface area contributed by atoms with Crippen LogP contribution in [-0.2, 0) is 10.0 Å². The van der Waals surface area contributed by atoms with Gasteiger partial charge >= 0.3 is 0 Å². The Bertz CT molecular complexity index is 596. The number of carbonyl (C=O) groups excluding carboxylic acids is 1. The highest BCUT2D eigenvalue weighted by Crippen LogP contribution is 2.12. The Kier molecular flexibility index (Phi) is 5.74. The van der Waals surface area contributed by atoms with Crippen molar-refractivity contribution in [1.29, 1.82) is 0 Å². The molecule has 1 aromatic rings. The summed E-state index contributed by atoms with van der Waals surface area (Å²) in [5.74, 6) is 2.09. The van der Waals surface area contributed by atoms with E-state index in [0.29, 0.717) is 18.7 Å². The molecule has 0 saturated heterocycles. The summed E-state index contributed by atoms with van der Waals surface area (Å²) in [5, 5.41) is 0. The molecule has 20 heavy (non-hydrogen) atoms.